The fraction of sp³-hybridized carbons (Fsp3) is 0.238. The fourth-order valence-corrected chi connectivity index (χ4v) is 3.40. The van der Waals surface area contributed by atoms with Gasteiger partial charge in [0.1, 0.15) is 0 Å². The minimum atomic E-state index is -0.146. The lowest BCUT2D eigenvalue weighted by Gasteiger charge is -2.14. The first-order chi connectivity index (χ1) is 13.4. The van der Waals surface area contributed by atoms with Crippen LogP contribution in [0.1, 0.15) is 23.1 Å². The molecule has 2 aromatic rings. The Balaban J connectivity index is 1.73. The average Bonchev–Trinajstić information content (AvgIpc) is 2.64. The third-order valence-corrected chi connectivity index (χ3v) is 5.34. The molecule has 0 unspecified atom stereocenters. The number of thioether (sulfide) groups is 1. The van der Waals surface area contributed by atoms with Crippen molar-refractivity contribution in [1.29, 1.82) is 0 Å². The molecule has 2 aromatic carbocycles. The van der Waals surface area contributed by atoms with Crippen molar-refractivity contribution in [3.8, 4) is 0 Å². The van der Waals surface area contributed by atoms with Crippen molar-refractivity contribution >= 4 is 41.0 Å². The summed E-state index contributed by atoms with van der Waals surface area (Å²) in [7, 11) is 0. The normalized spacial score (nSPS) is 16.1. The highest BCUT2D eigenvalue weighted by atomic mass is 32.2. The molecule has 0 aromatic heterocycles. The molecule has 0 fully saturated rings. The Kier molecular flexibility index (Phi) is 6.26. The average molecular weight is 394 g/mol. The zero-order chi connectivity index (χ0) is 20.1. The van der Waals surface area contributed by atoms with Crippen LogP contribution >= 0.6 is 11.8 Å². The monoisotopic (exact) mass is 393 g/mol. The lowest BCUT2D eigenvalue weighted by Crippen LogP contribution is -2.37. The van der Waals surface area contributed by atoms with E-state index in [9.17, 15) is 4.79 Å². The van der Waals surface area contributed by atoms with Gasteiger partial charge in [0, 0.05) is 16.4 Å². The van der Waals surface area contributed by atoms with E-state index >= 15 is 0 Å². The smallest absolute Gasteiger partial charge is 0.232 e. The zero-order valence-electron chi connectivity index (χ0n) is 16.2. The van der Waals surface area contributed by atoms with E-state index in [-0.39, 0.29) is 24.2 Å². The SMILES string of the molecule is Cc1ccc(SCC2=NC(=NC(N)=Nc3ccc(C)c(C)c3)NC(=O)C2)cc1. The zero-order valence-corrected chi connectivity index (χ0v) is 17.0. The van der Waals surface area contributed by atoms with Gasteiger partial charge in [0.05, 0.1) is 12.1 Å². The van der Waals surface area contributed by atoms with Gasteiger partial charge in [-0.05, 0) is 56.2 Å². The highest BCUT2D eigenvalue weighted by Crippen LogP contribution is 2.20. The molecule has 28 heavy (non-hydrogen) atoms. The number of benzene rings is 2. The van der Waals surface area contributed by atoms with Gasteiger partial charge in [-0.2, -0.15) is 4.99 Å². The number of guanidine groups is 2. The first-order valence-corrected chi connectivity index (χ1v) is 9.93. The van der Waals surface area contributed by atoms with Gasteiger partial charge in [0.25, 0.3) is 0 Å². The molecular formula is C21H23N5OS. The van der Waals surface area contributed by atoms with Gasteiger partial charge in [0.15, 0.2) is 0 Å². The molecule has 0 saturated carbocycles. The number of nitrogens with two attached hydrogens (primary N) is 1. The van der Waals surface area contributed by atoms with Crippen molar-refractivity contribution in [2.45, 2.75) is 32.1 Å². The van der Waals surface area contributed by atoms with E-state index in [0.717, 1.165) is 16.2 Å². The van der Waals surface area contributed by atoms with Crippen LogP contribution in [0.5, 0.6) is 0 Å². The maximum absolute atomic E-state index is 12.0. The lowest BCUT2D eigenvalue weighted by atomic mass is 10.1. The summed E-state index contributed by atoms with van der Waals surface area (Å²) in [4.78, 5) is 26.0. The molecule has 0 spiro atoms. The van der Waals surface area contributed by atoms with E-state index in [1.54, 1.807) is 11.8 Å². The van der Waals surface area contributed by atoms with E-state index in [4.69, 9.17) is 5.73 Å². The Labute approximate surface area is 169 Å². The lowest BCUT2D eigenvalue weighted by molar-refractivity contribution is -0.118. The van der Waals surface area contributed by atoms with Crippen LogP contribution in [0.3, 0.4) is 0 Å². The Hall–Kier alpha value is -2.93. The number of nitrogens with one attached hydrogen (secondary N) is 1. The van der Waals surface area contributed by atoms with Crippen molar-refractivity contribution in [2.24, 2.45) is 20.7 Å². The number of nitrogens with zero attached hydrogens (tertiary/aromatic N) is 3. The summed E-state index contributed by atoms with van der Waals surface area (Å²) < 4.78 is 0. The van der Waals surface area contributed by atoms with E-state index in [1.165, 1.54) is 11.1 Å². The highest BCUT2D eigenvalue weighted by Gasteiger charge is 2.17. The van der Waals surface area contributed by atoms with Gasteiger partial charge in [-0.3, -0.25) is 10.1 Å². The molecule has 1 aliphatic rings. The fourth-order valence-electron chi connectivity index (χ4n) is 2.57. The number of carbonyl (C=O) groups excluding carboxylic acids is 1. The van der Waals surface area contributed by atoms with E-state index in [1.807, 2.05) is 32.0 Å². The number of amides is 1. The highest BCUT2D eigenvalue weighted by molar-refractivity contribution is 8.00. The topological polar surface area (TPSA) is 92.2 Å². The van der Waals surface area contributed by atoms with Crippen LogP contribution in [-0.4, -0.2) is 29.3 Å². The molecule has 1 heterocycles. The molecule has 0 radical (unpaired) electrons. The molecule has 1 amide bonds. The number of rotatable bonds is 4. The van der Waals surface area contributed by atoms with Gasteiger partial charge < -0.3 is 5.73 Å². The van der Waals surface area contributed by atoms with E-state index in [0.29, 0.717) is 11.4 Å². The van der Waals surface area contributed by atoms with Gasteiger partial charge in [0.2, 0.25) is 17.8 Å². The molecule has 3 rings (SSSR count). The predicted octanol–water partition coefficient (Wildman–Crippen LogP) is 3.67. The van der Waals surface area contributed by atoms with Crippen LogP contribution in [-0.2, 0) is 4.79 Å². The Morgan fingerprint density at radius 2 is 1.89 bits per heavy atom. The number of aliphatic imine (C=N–C) groups is 3. The number of carbonyl (C=O) groups is 1. The van der Waals surface area contributed by atoms with Crippen molar-refractivity contribution in [3.63, 3.8) is 0 Å². The Bertz CT molecular complexity index is 977. The summed E-state index contributed by atoms with van der Waals surface area (Å²) in [5.41, 5.74) is 10.9. The molecule has 3 N–H and O–H groups in total. The minimum absolute atomic E-state index is 0.0507. The molecule has 0 saturated heterocycles. The molecule has 0 bridgehead atoms. The molecule has 0 atom stereocenters. The summed E-state index contributed by atoms with van der Waals surface area (Å²) in [5.74, 6) is 0.701. The summed E-state index contributed by atoms with van der Waals surface area (Å²) in [6.45, 7) is 6.10. The first kappa shape index (κ1) is 19.8. The van der Waals surface area contributed by atoms with Crippen molar-refractivity contribution < 1.29 is 4.79 Å². The first-order valence-electron chi connectivity index (χ1n) is 8.95. The number of hydrogen-bond donors (Lipinski definition) is 2. The van der Waals surface area contributed by atoms with Crippen LogP contribution in [0.4, 0.5) is 5.69 Å². The Morgan fingerprint density at radius 3 is 2.61 bits per heavy atom. The molecule has 6 nitrogen and oxygen atoms in total. The van der Waals surface area contributed by atoms with Crippen LogP contribution in [0, 0.1) is 20.8 Å². The summed E-state index contributed by atoms with van der Waals surface area (Å²) >= 11 is 1.64. The van der Waals surface area contributed by atoms with E-state index in [2.05, 4.69) is 51.5 Å². The van der Waals surface area contributed by atoms with Crippen molar-refractivity contribution in [3.05, 3.63) is 59.2 Å². The second kappa shape index (κ2) is 8.84. The van der Waals surface area contributed by atoms with Crippen LogP contribution in [0.2, 0.25) is 0 Å². The second-order valence-electron chi connectivity index (χ2n) is 6.68. The van der Waals surface area contributed by atoms with Gasteiger partial charge in [-0.1, -0.05) is 23.8 Å². The standard InChI is InChI=1S/C21H23N5OS/c1-13-4-8-18(9-5-13)28-12-17-11-19(27)25-21(24-17)26-20(22)23-16-7-6-14(2)15(3)10-16/h4-10H,11-12H2,1-3H3,(H3,22,23,25,26,27). The largest absolute Gasteiger partial charge is 0.368 e. The van der Waals surface area contributed by atoms with Gasteiger partial charge in [-0.15, -0.1) is 11.8 Å². The second-order valence-corrected chi connectivity index (χ2v) is 7.73. The summed E-state index contributed by atoms with van der Waals surface area (Å²) in [5, 5.41) is 2.64. The third-order valence-electron chi connectivity index (χ3n) is 4.26. The predicted molar refractivity (Wildman–Crippen MR) is 117 cm³/mol. The summed E-state index contributed by atoms with van der Waals surface area (Å²) in [6, 6.07) is 14.1. The molecule has 7 heteroatoms. The summed E-state index contributed by atoms with van der Waals surface area (Å²) in [6.07, 6.45) is 0.256. The maximum Gasteiger partial charge on any atom is 0.232 e. The van der Waals surface area contributed by atoms with Crippen LogP contribution in [0.15, 0.2) is 62.3 Å². The molecular weight excluding hydrogens is 370 g/mol. The molecule has 1 aliphatic heterocycles. The molecule has 144 valence electrons. The number of aryl methyl sites for hydroxylation is 3. The third kappa shape index (κ3) is 5.53. The van der Waals surface area contributed by atoms with Crippen LogP contribution < -0.4 is 11.1 Å². The van der Waals surface area contributed by atoms with Gasteiger partial charge >= 0.3 is 0 Å². The Morgan fingerprint density at radius 1 is 1.14 bits per heavy atom. The quantitative estimate of drug-likeness (QED) is 0.472. The molecule has 0 aliphatic carbocycles. The van der Waals surface area contributed by atoms with Crippen LogP contribution in [0.25, 0.3) is 0 Å². The minimum Gasteiger partial charge on any atom is -0.368 e. The van der Waals surface area contributed by atoms with Crippen molar-refractivity contribution in [2.75, 3.05) is 5.75 Å². The van der Waals surface area contributed by atoms with E-state index < -0.39 is 0 Å². The maximum atomic E-state index is 12.0. The van der Waals surface area contributed by atoms with Gasteiger partial charge in [-0.25, -0.2) is 9.98 Å². The van der Waals surface area contributed by atoms with Crippen molar-refractivity contribution in [1.82, 2.24) is 5.32 Å². The number of hydrogen-bond acceptors (Lipinski definition) is 3.